The third-order valence-corrected chi connectivity index (χ3v) is 4.24. The summed E-state index contributed by atoms with van der Waals surface area (Å²) in [6.45, 7) is 0. The van der Waals surface area contributed by atoms with Gasteiger partial charge in [-0.3, -0.25) is 4.79 Å². The second kappa shape index (κ2) is 3.08. The molecule has 3 rings (SSSR count). The van der Waals surface area contributed by atoms with Crippen LogP contribution in [0.25, 0.3) is 0 Å². The summed E-state index contributed by atoms with van der Waals surface area (Å²) >= 11 is 0. The van der Waals surface area contributed by atoms with Gasteiger partial charge in [0.1, 0.15) is 5.78 Å². The number of carbonyl (C=O) groups excluding carboxylic acids is 1. The molecule has 0 unspecified atom stereocenters. The molecule has 0 spiro atoms. The molecule has 0 N–H and O–H groups in total. The van der Waals surface area contributed by atoms with Crippen molar-refractivity contribution in [1.29, 1.82) is 0 Å². The van der Waals surface area contributed by atoms with Gasteiger partial charge in [0.25, 0.3) is 0 Å². The molecule has 1 saturated carbocycles. The Morgan fingerprint density at radius 1 is 0.786 bits per heavy atom. The second-order valence-electron chi connectivity index (χ2n) is 4.83. The van der Waals surface area contributed by atoms with Crippen molar-refractivity contribution in [2.75, 3.05) is 0 Å². The van der Waals surface area contributed by atoms with Gasteiger partial charge in [-0.05, 0) is 37.5 Å². The number of hydrogen-bond acceptors (Lipinski definition) is 1. The smallest absolute Gasteiger partial charge is 0.140 e. The topological polar surface area (TPSA) is 17.1 Å². The van der Waals surface area contributed by atoms with Gasteiger partial charge in [0, 0.05) is 11.8 Å². The minimum Gasteiger partial charge on any atom is -0.299 e. The van der Waals surface area contributed by atoms with Gasteiger partial charge in [-0.25, -0.2) is 0 Å². The highest BCUT2D eigenvalue weighted by atomic mass is 16.1. The van der Waals surface area contributed by atoms with Gasteiger partial charge in [0.2, 0.25) is 0 Å². The van der Waals surface area contributed by atoms with Crippen molar-refractivity contribution in [3.05, 3.63) is 24.3 Å². The Morgan fingerprint density at radius 2 is 1.21 bits per heavy atom. The predicted molar refractivity (Wildman–Crippen MR) is 55.7 cm³/mol. The van der Waals surface area contributed by atoms with Gasteiger partial charge in [-0.1, -0.05) is 24.3 Å². The standard InChI is InChI=1S/C13H16O/c14-13-11-7-3-1-5-9(11)10-6-2-4-8-12(10)13/h1-4,9-12H,5-8H2/t9-,10-,11-,12-/m0/s1. The average molecular weight is 188 g/mol. The van der Waals surface area contributed by atoms with Crippen molar-refractivity contribution in [1.82, 2.24) is 0 Å². The van der Waals surface area contributed by atoms with Gasteiger partial charge >= 0.3 is 0 Å². The molecule has 0 bridgehead atoms. The molecule has 0 heterocycles. The second-order valence-corrected chi connectivity index (χ2v) is 4.83. The number of hydrogen-bond donors (Lipinski definition) is 0. The molecule has 1 nitrogen and oxygen atoms in total. The van der Waals surface area contributed by atoms with Gasteiger partial charge in [-0.2, -0.15) is 0 Å². The summed E-state index contributed by atoms with van der Waals surface area (Å²) in [6, 6.07) is 0. The van der Waals surface area contributed by atoms with Crippen molar-refractivity contribution < 1.29 is 4.79 Å². The number of ketones is 1. The lowest BCUT2D eigenvalue weighted by atomic mass is 9.77. The van der Waals surface area contributed by atoms with Crippen LogP contribution in [0.3, 0.4) is 0 Å². The number of Topliss-reactive ketones (excluding diaryl/α,β-unsaturated/α-hetero) is 1. The van der Waals surface area contributed by atoms with Crippen molar-refractivity contribution >= 4 is 5.78 Å². The first kappa shape index (κ1) is 8.46. The van der Waals surface area contributed by atoms with Crippen LogP contribution in [0.1, 0.15) is 25.7 Å². The molecule has 0 amide bonds. The van der Waals surface area contributed by atoms with E-state index in [1.807, 2.05) is 0 Å². The molecule has 0 aromatic heterocycles. The van der Waals surface area contributed by atoms with Crippen molar-refractivity contribution in [3.8, 4) is 0 Å². The molecular formula is C13H16O. The largest absolute Gasteiger partial charge is 0.299 e. The highest BCUT2D eigenvalue weighted by Gasteiger charge is 2.48. The van der Waals surface area contributed by atoms with Crippen LogP contribution >= 0.6 is 0 Å². The summed E-state index contributed by atoms with van der Waals surface area (Å²) in [5.41, 5.74) is 0. The van der Waals surface area contributed by atoms with E-state index in [-0.39, 0.29) is 0 Å². The third kappa shape index (κ3) is 1.05. The maximum atomic E-state index is 12.1. The first-order valence-corrected chi connectivity index (χ1v) is 5.71. The van der Waals surface area contributed by atoms with Crippen LogP contribution < -0.4 is 0 Å². The molecule has 0 saturated heterocycles. The zero-order chi connectivity index (χ0) is 9.54. The zero-order valence-corrected chi connectivity index (χ0v) is 8.36. The van der Waals surface area contributed by atoms with Gasteiger partial charge < -0.3 is 0 Å². The van der Waals surface area contributed by atoms with Crippen molar-refractivity contribution in [3.63, 3.8) is 0 Å². The maximum absolute atomic E-state index is 12.1. The zero-order valence-electron chi connectivity index (χ0n) is 8.36. The van der Waals surface area contributed by atoms with E-state index in [0.29, 0.717) is 29.5 Å². The van der Waals surface area contributed by atoms with Crippen LogP contribution in [0.2, 0.25) is 0 Å². The van der Waals surface area contributed by atoms with Crippen LogP contribution in [0.5, 0.6) is 0 Å². The average Bonchev–Trinajstić information content (AvgIpc) is 2.55. The fourth-order valence-electron chi connectivity index (χ4n) is 3.55. The molecule has 1 fully saturated rings. The van der Waals surface area contributed by atoms with E-state index in [0.717, 1.165) is 25.7 Å². The van der Waals surface area contributed by atoms with E-state index < -0.39 is 0 Å². The Morgan fingerprint density at radius 3 is 1.71 bits per heavy atom. The molecular weight excluding hydrogens is 172 g/mol. The summed E-state index contributed by atoms with van der Waals surface area (Å²) in [6.07, 6.45) is 13.3. The molecule has 1 heteroatoms. The van der Waals surface area contributed by atoms with E-state index >= 15 is 0 Å². The van der Waals surface area contributed by atoms with E-state index in [1.54, 1.807) is 0 Å². The minimum atomic E-state index is 0.370. The van der Waals surface area contributed by atoms with Crippen molar-refractivity contribution in [2.24, 2.45) is 23.7 Å². The van der Waals surface area contributed by atoms with Gasteiger partial charge in [-0.15, -0.1) is 0 Å². The first-order chi connectivity index (χ1) is 6.88. The number of rotatable bonds is 0. The fourth-order valence-corrected chi connectivity index (χ4v) is 3.55. The molecule has 0 aliphatic heterocycles. The van der Waals surface area contributed by atoms with Gasteiger partial charge in [0.15, 0.2) is 0 Å². The predicted octanol–water partition coefficient (Wildman–Crippen LogP) is 2.73. The lowest BCUT2D eigenvalue weighted by molar-refractivity contribution is -0.124. The highest BCUT2D eigenvalue weighted by molar-refractivity contribution is 5.87. The Bertz CT molecular complexity index is 283. The van der Waals surface area contributed by atoms with Crippen LogP contribution in [-0.2, 0) is 4.79 Å². The summed E-state index contributed by atoms with van der Waals surface area (Å²) in [4.78, 5) is 12.1. The Kier molecular flexibility index (Phi) is 1.86. The molecule has 0 aromatic carbocycles. The molecule has 3 aliphatic rings. The third-order valence-electron chi connectivity index (χ3n) is 4.24. The molecule has 3 aliphatic carbocycles. The quantitative estimate of drug-likeness (QED) is 0.534. The highest BCUT2D eigenvalue weighted by Crippen LogP contribution is 2.49. The van der Waals surface area contributed by atoms with Crippen LogP contribution in [-0.4, -0.2) is 5.78 Å². The molecule has 14 heavy (non-hydrogen) atoms. The normalized spacial score (nSPS) is 45.0. The van der Waals surface area contributed by atoms with E-state index in [4.69, 9.17) is 0 Å². The van der Waals surface area contributed by atoms with Crippen LogP contribution in [0.15, 0.2) is 24.3 Å². The molecule has 74 valence electrons. The number of fused-ring (bicyclic) bond motifs is 3. The Balaban J connectivity index is 1.93. The van der Waals surface area contributed by atoms with Gasteiger partial charge in [0.05, 0.1) is 0 Å². The summed E-state index contributed by atoms with van der Waals surface area (Å²) in [5, 5.41) is 0. The Labute approximate surface area is 84.9 Å². The van der Waals surface area contributed by atoms with Crippen LogP contribution in [0, 0.1) is 23.7 Å². The van der Waals surface area contributed by atoms with E-state index in [1.165, 1.54) is 0 Å². The first-order valence-electron chi connectivity index (χ1n) is 5.71. The van der Waals surface area contributed by atoms with E-state index in [9.17, 15) is 4.79 Å². The Hall–Kier alpha value is -0.850. The number of allylic oxidation sites excluding steroid dienone is 4. The summed E-state index contributed by atoms with van der Waals surface area (Å²) < 4.78 is 0. The minimum absolute atomic E-state index is 0.370. The van der Waals surface area contributed by atoms with E-state index in [2.05, 4.69) is 24.3 Å². The van der Waals surface area contributed by atoms with Crippen LogP contribution in [0.4, 0.5) is 0 Å². The fraction of sp³-hybridized carbons (Fsp3) is 0.615. The summed E-state index contributed by atoms with van der Waals surface area (Å²) in [7, 11) is 0. The lowest BCUT2D eigenvalue weighted by Gasteiger charge is -2.26. The monoisotopic (exact) mass is 188 g/mol. The molecule has 0 aromatic rings. The van der Waals surface area contributed by atoms with Crippen molar-refractivity contribution in [2.45, 2.75) is 25.7 Å². The maximum Gasteiger partial charge on any atom is 0.140 e. The lowest BCUT2D eigenvalue weighted by Crippen LogP contribution is -2.19. The summed E-state index contributed by atoms with van der Waals surface area (Å²) in [5.74, 6) is 2.64. The molecule has 0 radical (unpaired) electrons. The SMILES string of the molecule is O=C1[C@H]2CC=CC[C@H]2[C@@H]2CC=CC[C@H]12. The molecule has 4 atom stereocenters. The number of carbonyl (C=O) groups is 1.